The smallest absolute Gasteiger partial charge is 0.277 e. The van der Waals surface area contributed by atoms with E-state index in [-0.39, 0.29) is 20.8 Å². The zero-order chi connectivity index (χ0) is 18.7. The Morgan fingerprint density at radius 1 is 1.15 bits per heavy atom. The van der Waals surface area contributed by atoms with Gasteiger partial charge in [-0.15, -0.1) is 0 Å². The lowest BCUT2D eigenvalue weighted by molar-refractivity contribution is 0.584. The first-order chi connectivity index (χ1) is 12.4. The minimum Gasteiger partial charge on any atom is -0.277 e. The topological polar surface area (TPSA) is 87.2 Å². The van der Waals surface area contributed by atoms with Gasteiger partial charge in [0, 0.05) is 16.1 Å². The van der Waals surface area contributed by atoms with Gasteiger partial charge in [-0.1, -0.05) is 23.2 Å². The number of H-pyrrole nitrogens is 1. The molecule has 10 heteroatoms. The molecule has 0 fully saturated rings. The van der Waals surface area contributed by atoms with Crippen molar-refractivity contribution < 1.29 is 12.8 Å². The largest absolute Gasteiger partial charge is 0.278 e. The van der Waals surface area contributed by atoms with Crippen molar-refractivity contribution in [3.63, 3.8) is 0 Å². The number of nitrogens with zero attached hydrogens (tertiary/aromatic N) is 2. The highest BCUT2D eigenvalue weighted by molar-refractivity contribution is 7.89. The molecule has 0 bridgehead atoms. The molecule has 0 saturated heterocycles. The Bertz CT molecular complexity index is 1070. The Labute approximate surface area is 158 Å². The van der Waals surface area contributed by atoms with Gasteiger partial charge in [0.1, 0.15) is 10.7 Å². The third-order valence-corrected chi connectivity index (χ3v) is 5.30. The zero-order valence-corrected chi connectivity index (χ0v) is 15.3. The molecule has 0 atom stereocenters. The van der Waals surface area contributed by atoms with Gasteiger partial charge in [0.25, 0.3) is 10.0 Å². The lowest BCUT2D eigenvalue weighted by Crippen LogP contribution is -2.18. The fourth-order valence-corrected chi connectivity index (χ4v) is 3.69. The molecule has 0 amide bonds. The lowest BCUT2D eigenvalue weighted by atomic mass is 10.1. The molecule has 2 N–H and O–H groups in total. The van der Waals surface area contributed by atoms with E-state index in [1.54, 1.807) is 12.1 Å². The molecule has 1 aromatic heterocycles. The lowest BCUT2D eigenvalue weighted by Gasteiger charge is -2.06. The third kappa shape index (κ3) is 4.04. The molecule has 0 aliphatic rings. The molecule has 0 aliphatic heterocycles. The van der Waals surface area contributed by atoms with Crippen molar-refractivity contribution in [3.05, 3.63) is 70.1 Å². The summed E-state index contributed by atoms with van der Waals surface area (Å²) < 4.78 is 37.6. The molecule has 3 aromatic rings. The fourth-order valence-electron chi connectivity index (χ4n) is 2.14. The van der Waals surface area contributed by atoms with Crippen LogP contribution in [0.5, 0.6) is 0 Å². The summed E-state index contributed by atoms with van der Waals surface area (Å²) in [6.07, 6.45) is 2.74. The summed E-state index contributed by atoms with van der Waals surface area (Å²) in [4.78, 5) is 1.88. The summed E-state index contributed by atoms with van der Waals surface area (Å²) in [6, 6.07) is 9.83. The monoisotopic (exact) mass is 412 g/mol. The van der Waals surface area contributed by atoms with Crippen LogP contribution in [0, 0.1) is 5.82 Å². The van der Waals surface area contributed by atoms with Gasteiger partial charge >= 0.3 is 0 Å². The summed E-state index contributed by atoms with van der Waals surface area (Å²) in [7, 11) is -3.99. The molecule has 0 spiro atoms. The predicted octanol–water partition coefficient (Wildman–Crippen LogP) is 3.84. The average molecular weight is 413 g/mol. The zero-order valence-electron chi connectivity index (χ0n) is 12.9. The normalized spacial score (nSPS) is 11.8. The number of hydrazone groups is 1. The van der Waals surface area contributed by atoms with Gasteiger partial charge in [-0.2, -0.15) is 18.6 Å². The molecule has 1 heterocycles. The van der Waals surface area contributed by atoms with Crippen LogP contribution in [0.15, 0.2) is 58.7 Å². The van der Waals surface area contributed by atoms with Gasteiger partial charge in [-0.25, -0.2) is 9.22 Å². The summed E-state index contributed by atoms with van der Waals surface area (Å²) in [5, 5.41) is 10.6. The van der Waals surface area contributed by atoms with E-state index in [0.717, 1.165) is 0 Å². The number of hydrogen-bond donors (Lipinski definition) is 2. The van der Waals surface area contributed by atoms with Crippen LogP contribution in [0.4, 0.5) is 4.39 Å². The van der Waals surface area contributed by atoms with Crippen LogP contribution in [-0.2, 0) is 10.0 Å². The second-order valence-corrected chi connectivity index (χ2v) is 7.61. The molecular weight excluding hydrogens is 402 g/mol. The van der Waals surface area contributed by atoms with Crippen LogP contribution in [0.2, 0.25) is 10.0 Å². The summed E-state index contributed by atoms with van der Waals surface area (Å²) in [5.41, 5.74) is 1.75. The van der Waals surface area contributed by atoms with Gasteiger partial charge in [0.05, 0.1) is 23.1 Å². The Morgan fingerprint density at radius 3 is 2.62 bits per heavy atom. The Hall–Kier alpha value is -2.42. The molecule has 0 saturated carbocycles. The van der Waals surface area contributed by atoms with Gasteiger partial charge in [0.2, 0.25) is 0 Å². The van der Waals surface area contributed by atoms with E-state index in [1.807, 2.05) is 0 Å². The van der Waals surface area contributed by atoms with Crippen molar-refractivity contribution in [2.45, 2.75) is 4.90 Å². The van der Waals surface area contributed by atoms with E-state index in [2.05, 4.69) is 20.1 Å². The number of aromatic amines is 1. The van der Waals surface area contributed by atoms with Crippen molar-refractivity contribution in [1.29, 1.82) is 0 Å². The highest BCUT2D eigenvalue weighted by Gasteiger charge is 2.17. The molecule has 26 heavy (non-hydrogen) atoms. The van der Waals surface area contributed by atoms with Crippen molar-refractivity contribution in [2.24, 2.45) is 5.10 Å². The first-order valence-corrected chi connectivity index (χ1v) is 9.40. The molecular formula is C16H11Cl2FN4O2S. The third-order valence-electron chi connectivity index (χ3n) is 3.36. The van der Waals surface area contributed by atoms with Gasteiger partial charge in [-0.3, -0.25) is 5.10 Å². The predicted molar refractivity (Wildman–Crippen MR) is 98.4 cm³/mol. The van der Waals surface area contributed by atoms with E-state index >= 15 is 0 Å². The van der Waals surface area contributed by atoms with E-state index in [9.17, 15) is 12.8 Å². The van der Waals surface area contributed by atoms with Crippen LogP contribution >= 0.6 is 23.2 Å². The fraction of sp³-hybridized carbons (Fsp3) is 0. The van der Waals surface area contributed by atoms with Crippen molar-refractivity contribution in [3.8, 4) is 11.3 Å². The maximum absolute atomic E-state index is 13.0. The standard InChI is InChI=1S/C16H11Cl2FN4O2S/c17-12-3-6-14(18)15(7-12)26(24,25)23-21-9-11-8-20-22-16(11)10-1-4-13(19)5-2-10/h1-9,23H,(H,20,22)/b21-9+. The van der Waals surface area contributed by atoms with Crippen LogP contribution in [0.3, 0.4) is 0 Å². The Morgan fingerprint density at radius 2 is 1.88 bits per heavy atom. The first-order valence-electron chi connectivity index (χ1n) is 7.16. The molecule has 3 rings (SSSR count). The van der Waals surface area contributed by atoms with E-state index in [1.165, 1.54) is 42.7 Å². The van der Waals surface area contributed by atoms with Crippen LogP contribution in [0.1, 0.15) is 5.56 Å². The van der Waals surface area contributed by atoms with E-state index in [0.29, 0.717) is 16.8 Å². The van der Waals surface area contributed by atoms with Gasteiger partial charge in [0.15, 0.2) is 0 Å². The number of aromatic nitrogens is 2. The molecule has 0 aliphatic carbocycles. The highest BCUT2D eigenvalue weighted by atomic mass is 35.5. The van der Waals surface area contributed by atoms with Crippen molar-refractivity contribution in [2.75, 3.05) is 0 Å². The second-order valence-electron chi connectivity index (χ2n) is 5.13. The summed E-state index contributed by atoms with van der Waals surface area (Å²) in [5.74, 6) is -0.366. The van der Waals surface area contributed by atoms with Crippen LogP contribution in [0.25, 0.3) is 11.3 Å². The number of sulfonamides is 1. The SMILES string of the molecule is O=S(=O)(N/N=C/c1cn[nH]c1-c1ccc(F)cc1)c1cc(Cl)ccc1Cl. The highest BCUT2D eigenvalue weighted by Crippen LogP contribution is 2.25. The molecule has 134 valence electrons. The van der Waals surface area contributed by atoms with Gasteiger partial charge in [-0.05, 0) is 42.5 Å². The molecule has 0 unspecified atom stereocenters. The summed E-state index contributed by atoms with van der Waals surface area (Å²) >= 11 is 11.7. The van der Waals surface area contributed by atoms with E-state index in [4.69, 9.17) is 23.2 Å². The molecule has 0 radical (unpaired) electrons. The minimum absolute atomic E-state index is 0.0208. The van der Waals surface area contributed by atoms with Crippen molar-refractivity contribution in [1.82, 2.24) is 15.0 Å². The van der Waals surface area contributed by atoms with Crippen molar-refractivity contribution >= 4 is 39.4 Å². The number of halogens is 3. The number of hydrogen-bond acceptors (Lipinski definition) is 4. The quantitative estimate of drug-likeness (QED) is 0.492. The minimum atomic E-state index is -3.99. The maximum atomic E-state index is 13.0. The van der Waals surface area contributed by atoms with Crippen LogP contribution in [-0.4, -0.2) is 24.8 Å². The maximum Gasteiger partial charge on any atom is 0.278 e. The number of nitrogens with one attached hydrogen (secondary N) is 2. The first kappa shape index (κ1) is 18.4. The number of benzene rings is 2. The Kier molecular flexibility index (Phi) is 5.26. The molecule has 6 nitrogen and oxygen atoms in total. The van der Waals surface area contributed by atoms with E-state index < -0.39 is 10.0 Å². The van der Waals surface area contributed by atoms with Crippen LogP contribution < -0.4 is 4.83 Å². The molecule has 2 aromatic carbocycles. The second kappa shape index (κ2) is 7.45. The summed E-state index contributed by atoms with van der Waals surface area (Å²) in [6.45, 7) is 0. The number of rotatable bonds is 5. The Balaban J connectivity index is 1.82. The average Bonchev–Trinajstić information content (AvgIpc) is 3.06. The van der Waals surface area contributed by atoms with Gasteiger partial charge < -0.3 is 0 Å².